The lowest BCUT2D eigenvalue weighted by Gasteiger charge is -2.35. The average Bonchev–Trinajstić information content (AvgIpc) is 3.48. The Labute approximate surface area is 273 Å². The van der Waals surface area contributed by atoms with Crippen molar-refractivity contribution in [3.05, 3.63) is 52.0 Å². The van der Waals surface area contributed by atoms with Crippen LogP contribution < -0.4 is 5.32 Å². The van der Waals surface area contributed by atoms with Crippen molar-refractivity contribution in [3.8, 4) is 0 Å². The van der Waals surface area contributed by atoms with Gasteiger partial charge < -0.3 is 19.7 Å². The molecule has 2 rings (SSSR count). The second kappa shape index (κ2) is 18.6. The summed E-state index contributed by atoms with van der Waals surface area (Å²) >= 11 is 1.25. The topological polar surface area (TPSA) is 115 Å². The molecule has 0 aliphatic rings. The minimum atomic E-state index is -0.716. The molecule has 10 heteroatoms. The first-order chi connectivity index (χ1) is 21.2. The van der Waals surface area contributed by atoms with Crippen molar-refractivity contribution < 1.29 is 28.7 Å². The summed E-state index contributed by atoms with van der Waals surface area (Å²) in [5.74, 6) is -0.973. The van der Waals surface area contributed by atoms with Crippen LogP contribution in [0.1, 0.15) is 108 Å². The van der Waals surface area contributed by atoms with Crippen LogP contribution in [-0.4, -0.2) is 59.4 Å². The summed E-state index contributed by atoms with van der Waals surface area (Å²) in [4.78, 5) is 57.7. The predicted octanol–water partition coefficient (Wildman–Crippen LogP) is 6.62. The zero-order chi connectivity index (χ0) is 33.7. The van der Waals surface area contributed by atoms with Gasteiger partial charge in [-0.15, -0.1) is 11.3 Å². The van der Waals surface area contributed by atoms with E-state index in [1.807, 2.05) is 58.2 Å². The molecule has 0 aliphatic carbocycles. The Bertz CT molecular complexity index is 1230. The Morgan fingerprint density at radius 3 is 2.20 bits per heavy atom. The predicted molar refractivity (Wildman–Crippen MR) is 178 cm³/mol. The number of thiazole rings is 1. The minimum absolute atomic E-state index is 0.0663. The molecule has 0 aliphatic heterocycles. The Hall–Kier alpha value is -3.27. The van der Waals surface area contributed by atoms with Gasteiger partial charge in [0.1, 0.15) is 10.7 Å². The van der Waals surface area contributed by atoms with Crippen LogP contribution >= 0.6 is 11.3 Å². The largest absolute Gasteiger partial charge is 0.466 e. The molecule has 1 aromatic carbocycles. The molecular weight excluding hydrogens is 590 g/mol. The molecular formula is C35H53N3O6S. The van der Waals surface area contributed by atoms with Crippen LogP contribution in [0.4, 0.5) is 0 Å². The second-order valence-corrected chi connectivity index (χ2v) is 13.7. The molecule has 5 atom stereocenters. The summed E-state index contributed by atoms with van der Waals surface area (Å²) < 4.78 is 10.9. The molecule has 0 fully saturated rings. The summed E-state index contributed by atoms with van der Waals surface area (Å²) in [6, 6.07) is 9.23. The Kier molecular flexibility index (Phi) is 15.7. The first-order valence-electron chi connectivity index (χ1n) is 16.1. The average molecular weight is 644 g/mol. The number of amides is 2. The lowest BCUT2D eigenvalue weighted by Crippen LogP contribution is -2.44. The van der Waals surface area contributed by atoms with Gasteiger partial charge in [-0.05, 0) is 43.6 Å². The molecule has 1 aromatic heterocycles. The molecule has 0 saturated carbocycles. The number of nitrogens with zero attached hydrogens (tertiary/aromatic N) is 2. The monoisotopic (exact) mass is 643 g/mol. The Morgan fingerprint density at radius 2 is 1.62 bits per heavy atom. The van der Waals surface area contributed by atoms with Crippen LogP contribution in [0.25, 0.3) is 0 Å². The van der Waals surface area contributed by atoms with Crippen molar-refractivity contribution in [1.82, 2.24) is 15.2 Å². The van der Waals surface area contributed by atoms with Gasteiger partial charge in [0.2, 0.25) is 5.91 Å². The van der Waals surface area contributed by atoms with Crippen LogP contribution in [0.5, 0.6) is 0 Å². The van der Waals surface area contributed by atoms with Gasteiger partial charge in [-0.1, -0.05) is 78.3 Å². The van der Waals surface area contributed by atoms with Gasteiger partial charge in [0.25, 0.3) is 5.91 Å². The molecule has 0 saturated heterocycles. The number of hydrogen-bond acceptors (Lipinski definition) is 8. The van der Waals surface area contributed by atoms with Crippen molar-refractivity contribution in [3.63, 3.8) is 0 Å². The van der Waals surface area contributed by atoms with E-state index in [1.165, 1.54) is 18.3 Å². The third kappa shape index (κ3) is 12.6. The van der Waals surface area contributed by atoms with E-state index in [9.17, 15) is 19.2 Å². The van der Waals surface area contributed by atoms with Crippen LogP contribution in [0.15, 0.2) is 35.7 Å². The molecule has 0 unspecified atom stereocenters. The smallest absolute Gasteiger partial charge is 0.308 e. The highest BCUT2D eigenvalue weighted by atomic mass is 32.1. The van der Waals surface area contributed by atoms with E-state index in [4.69, 9.17) is 9.47 Å². The number of hydrogen-bond donors (Lipinski definition) is 1. The maximum Gasteiger partial charge on any atom is 0.308 e. The summed E-state index contributed by atoms with van der Waals surface area (Å²) in [6.45, 7) is 15.6. The number of carbonyl (C=O) groups is 4. The fraction of sp³-hybridized carbons (Fsp3) is 0.629. The van der Waals surface area contributed by atoms with Crippen LogP contribution in [0.2, 0.25) is 0 Å². The lowest BCUT2D eigenvalue weighted by atomic mass is 9.93. The molecule has 0 spiro atoms. The number of carbonyl (C=O) groups excluding carboxylic acids is 4. The van der Waals surface area contributed by atoms with Crippen LogP contribution in [0.3, 0.4) is 0 Å². The van der Waals surface area contributed by atoms with E-state index in [0.717, 1.165) is 18.4 Å². The first-order valence-corrected chi connectivity index (χ1v) is 17.0. The molecule has 0 bridgehead atoms. The standard InChI is InChI=1S/C35H53N3O6S/c1-10-43-35(42)25(7)18-28(19-27-14-12-11-13-15-27)36-32(40)29-21-45-33(37-29)31(44-26(8)39)20-30(23(4)5)38(9)34(41)24(6)17-16-22(2)3/h11-15,21-25,28,30-31H,10,16-20H2,1-9H3,(H,36,40)/t24-,25-,28+,30+,31+/m0/s1. The third-order valence-corrected chi connectivity index (χ3v) is 8.93. The SMILES string of the molecule is CCOC(=O)[C@@H](C)C[C@H](Cc1ccccc1)NC(=O)c1csc([C@@H](C[C@H](C(C)C)N(C)C(=O)[C@@H](C)CCC(C)C)OC(C)=O)n1. The zero-order valence-corrected chi connectivity index (χ0v) is 29.3. The molecule has 0 radical (unpaired) electrons. The van der Waals surface area contributed by atoms with E-state index in [0.29, 0.717) is 36.8 Å². The zero-order valence-electron chi connectivity index (χ0n) is 28.5. The number of benzene rings is 1. The van der Waals surface area contributed by atoms with E-state index >= 15 is 0 Å². The number of aromatic nitrogens is 1. The van der Waals surface area contributed by atoms with E-state index in [1.54, 1.807) is 24.1 Å². The Morgan fingerprint density at radius 1 is 0.956 bits per heavy atom. The highest BCUT2D eigenvalue weighted by molar-refractivity contribution is 7.09. The van der Waals surface area contributed by atoms with Crippen LogP contribution in [-0.2, 0) is 30.3 Å². The summed E-state index contributed by atoms with van der Waals surface area (Å²) in [5.41, 5.74) is 1.24. The van der Waals surface area contributed by atoms with Crippen LogP contribution in [0, 0.1) is 23.7 Å². The number of nitrogens with one attached hydrogen (secondary N) is 1. The molecule has 1 N–H and O–H groups in total. The number of rotatable bonds is 18. The summed E-state index contributed by atoms with van der Waals surface area (Å²) in [6.07, 6.45) is 2.37. The van der Waals surface area contributed by atoms with Gasteiger partial charge in [-0.3, -0.25) is 19.2 Å². The normalized spacial score (nSPS) is 14.7. The van der Waals surface area contributed by atoms with Gasteiger partial charge >= 0.3 is 11.9 Å². The molecule has 1 heterocycles. The van der Waals surface area contributed by atoms with Crippen molar-refractivity contribution in [1.29, 1.82) is 0 Å². The van der Waals surface area contributed by atoms with Gasteiger partial charge in [0, 0.05) is 43.8 Å². The van der Waals surface area contributed by atoms with Crippen molar-refractivity contribution >= 4 is 35.1 Å². The van der Waals surface area contributed by atoms with Gasteiger partial charge in [-0.25, -0.2) is 4.98 Å². The van der Waals surface area contributed by atoms with Gasteiger partial charge in [-0.2, -0.15) is 0 Å². The van der Waals surface area contributed by atoms with E-state index in [-0.39, 0.29) is 47.4 Å². The molecule has 45 heavy (non-hydrogen) atoms. The van der Waals surface area contributed by atoms with Crippen molar-refractivity contribution in [2.45, 2.75) is 106 Å². The third-order valence-electron chi connectivity index (χ3n) is 7.99. The number of ether oxygens (including phenoxy) is 2. The summed E-state index contributed by atoms with van der Waals surface area (Å²) in [5, 5.41) is 5.21. The fourth-order valence-corrected chi connectivity index (χ4v) is 6.25. The quantitative estimate of drug-likeness (QED) is 0.182. The van der Waals surface area contributed by atoms with E-state index < -0.39 is 18.0 Å². The number of esters is 2. The highest BCUT2D eigenvalue weighted by Gasteiger charge is 2.32. The summed E-state index contributed by atoms with van der Waals surface area (Å²) in [7, 11) is 1.81. The van der Waals surface area contributed by atoms with Crippen molar-refractivity contribution in [2.75, 3.05) is 13.7 Å². The second-order valence-electron chi connectivity index (χ2n) is 12.8. The highest BCUT2D eigenvalue weighted by Crippen LogP contribution is 2.31. The maximum atomic E-state index is 13.4. The fourth-order valence-electron chi connectivity index (χ4n) is 5.41. The van der Waals surface area contributed by atoms with Gasteiger partial charge in [0.15, 0.2) is 6.10 Å². The first kappa shape index (κ1) is 37.9. The molecule has 2 aromatic rings. The molecule has 2 amide bonds. The van der Waals surface area contributed by atoms with Gasteiger partial charge in [0.05, 0.1) is 12.5 Å². The lowest BCUT2D eigenvalue weighted by molar-refractivity contribution is -0.149. The Balaban J connectivity index is 2.25. The maximum absolute atomic E-state index is 13.4. The van der Waals surface area contributed by atoms with Crippen molar-refractivity contribution in [2.24, 2.45) is 23.7 Å². The minimum Gasteiger partial charge on any atom is -0.466 e. The molecule has 250 valence electrons. The van der Waals surface area contributed by atoms with E-state index in [2.05, 4.69) is 24.1 Å². The molecule has 9 nitrogen and oxygen atoms in total.